The highest BCUT2D eigenvalue weighted by atomic mass is 16.5. The second-order valence-corrected chi connectivity index (χ2v) is 7.90. The van der Waals surface area contributed by atoms with Gasteiger partial charge in [-0.05, 0) is 36.2 Å². The van der Waals surface area contributed by atoms with E-state index in [1.165, 1.54) is 23.2 Å². The number of carbonyl (C=O) groups is 1. The molecule has 0 aliphatic carbocycles. The van der Waals surface area contributed by atoms with Crippen molar-refractivity contribution in [3.8, 4) is 11.5 Å². The first kappa shape index (κ1) is 21.4. The van der Waals surface area contributed by atoms with E-state index >= 15 is 0 Å². The van der Waals surface area contributed by atoms with Crippen LogP contribution in [0, 0.1) is 5.92 Å². The molecule has 9 nitrogen and oxygen atoms in total. The molecule has 0 spiro atoms. The van der Waals surface area contributed by atoms with Gasteiger partial charge >= 0.3 is 5.69 Å². The maximum absolute atomic E-state index is 13.2. The minimum Gasteiger partial charge on any atom is -0.493 e. The number of carbonyl (C=O) groups excluding carboxylic acids is 1. The summed E-state index contributed by atoms with van der Waals surface area (Å²) in [7, 11) is 2.99. The Morgan fingerprint density at radius 3 is 2.44 bits per heavy atom. The van der Waals surface area contributed by atoms with Crippen LogP contribution >= 0.6 is 0 Å². The Kier molecular flexibility index (Phi) is 5.56. The highest BCUT2D eigenvalue weighted by molar-refractivity contribution is 5.96. The summed E-state index contributed by atoms with van der Waals surface area (Å²) in [5.41, 5.74) is 0.117. The van der Waals surface area contributed by atoms with Crippen LogP contribution in [-0.2, 0) is 13.1 Å². The summed E-state index contributed by atoms with van der Waals surface area (Å²) in [5.74, 6) is 0.966. The maximum Gasteiger partial charge on any atom is 0.352 e. The van der Waals surface area contributed by atoms with Gasteiger partial charge in [0.25, 0.3) is 5.56 Å². The topological polar surface area (TPSA) is 96.8 Å². The fourth-order valence-electron chi connectivity index (χ4n) is 3.74. The summed E-state index contributed by atoms with van der Waals surface area (Å²) in [6, 6.07) is 11.7. The van der Waals surface area contributed by atoms with Gasteiger partial charge < -0.3 is 9.47 Å². The van der Waals surface area contributed by atoms with Gasteiger partial charge in [0.2, 0.25) is 5.78 Å². The number of hydrogen-bond donors (Lipinski definition) is 0. The lowest BCUT2D eigenvalue weighted by molar-refractivity contribution is 0.0966. The van der Waals surface area contributed by atoms with Gasteiger partial charge in [0.1, 0.15) is 6.54 Å². The SMILES string of the molecule is COc1ccc(C(=O)Cn2nc3n(CC(C)C)c(=O)c4ccccc4n3c2=O)cc1OC. The van der Waals surface area contributed by atoms with E-state index in [1.807, 2.05) is 13.8 Å². The number of hydrogen-bond acceptors (Lipinski definition) is 6. The minimum atomic E-state index is -0.484. The van der Waals surface area contributed by atoms with Crippen LogP contribution in [0.2, 0.25) is 0 Å². The number of benzene rings is 2. The highest BCUT2D eigenvalue weighted by Gasteiger charge is 2.20. The van der Waals surface area contributed by atoms with Gasteiger partial charge in [-0.2, -0.15) is 0 Å². The van der Waals surface area contributed by atoms with Gasteiger partial charge in [0.15, 0.2) is 17.3 Å². The molecule has 0 N–H and O–H groups in total. The van der Waals surface area contributed by atoms with E-state index in [4.69, 9.17) is 9.47 Å². The fourth-order valence-corrected chi connectivity index (χ4v) is 3.74. The molecule has 4 rings (SSSR count). The minimum absolute atomic E-state index is 0.159. The molecule has 4 aromatic rings. The van der Waals surface area contributed by atoms with E-state index in [9.17, 15) is 14.4 Å². The lowest BCUT2D eigenvalue weighted by Crippen LogP contribution is -2.28. The molecule has 0 radical (unpaired) electrons. The highest BCUT2D eigenvalue weighted by Crippen LogP contribution is 2.27. The number of para-hydroxylation sites is 1. The average molecular weight is 436 g/mol. The molecule has 0 saturated carbocycles. The Bertz CT molecular complexity index is 1440. The van der Waals surface area contributed by atoms with Gasteiger partial charge in [0.05, 0.1) is 25.1 Å². The first-order valence-electron chi connectivity index (χ1n) is 10.2. The fraction of sp³-hybridized carbons (Fsp3) is 0.304. The molecule has 9 heteroatoms. The first-order chi connectivity index (χ1) is 15.3. The predicted octanol–water partition coefficient (Wildman–Crippen LogP) is 2.37. The third-order valence-electron chi connectivity index (χ3n) is 5.23. The van der Waals surface area contributed by atoms with Crippen molar-refractivity contribution in [3.05, 3.63) is 68.9 Å². The molecular formula is C23H24N4O5. The molecule has 166 valence electrons. The quantitative estimate of drug-likeness (QED) is 0.413. The number of ketones is 1. The summed E-state index contributed by atoms with van der Waals surface area (Å²) >= 11 is 0. The Morgan fingerprint density at radius 2 is 1.75 bits per heavy atom. The summed E-state index contributed by atoms with van der Waals surface area (Å²) in [5, 5.41) is 4.80. The van der Waals surface area contributed by atoms with Crippen LogP contribution in [0.3, 0.4) is 0 Å². The van der Waals surface area contributed by atoms with Crippen molar-refractivity contribution in [2.24, 2.45) is 5.92 Å². The number of Topliss-reactive ketones (excluding diaryl/α,β-unsaturated/α-hetero) is 1. The Balaban J connectivity index is 1.85. The van der Waals surface area contributed by atoms with Crippen LogP contribution in [0.25, 0.3) is 16.7 Å². The molecule has 0 atom stereocenters. The lowest BCUT2D eigenvalue weighted by atomic mass is 10.1. The van der Waals surface area contributed by atoms with Gasteiger partial charge in [-0.1, -0.05) is 26.0 Å². The predicted molar refractivity (Wildman–Crippen MR) is 120 cm³/mol. The second-order valence-electron chi connectivity index (χ2n) is 7.90. The normalized spacial score (nSPS) is 11.4. The molecular weight excluding hydrogens is 412 g/mol. The summed E-state index contributed by atoms with van der Waals surface area (Å²) in [4.78, 5) is 39.2. The number of ether oxygens (including phenoxy) is 2. The maximum atomic E-state index is 13.2. The van der Waals surface area contributed by atoms with Crippen molar-refractivity contribution in [1.82, 2.24) is 18.7 Å². The Labute approximate surface area is 183 Å². The van der Waals surface area contributed by atoms with Crippen molar-refractivity contribution < 1.29 is 14.3 Å². The monoisotopic (exact) mass is 436 g/mol. The van der Waals surface area contributed by atoms with E-state index in [-0.39, 0.29) is 29.6 Å². The van der Waals surface area contributed by atoms with Crippen molar-refractivity contribution in [2.75, 3.05) is 14.2 Å². The van der Waals surface area contributed by atoms with E-state index in [1.54, 1.807) is 42.5 Å². The molecule has 2 aromatic carbocycles. The van der Waals surface area contributed by atoms with E-state index in [0.29, 0.717) is 34.5 Å². The lowest BCUT2D eigenvalue weighted by Gasteiger charge is -2.11. The molecule has 0 aliphatic rings. The molecule has 2 heterocycles. The molecule has 0 unspecified atom stereocenters. The van der Waals surface area contributed by atoms with Crippen molar-refractivity contribution in [3.63, 3.8) is 0 Å². The number of nitrogens with zero attached hydrogens (tertiary/aromatic N) is 4. The standard InChI is InChI=1S/C23H24N4O5/c1-14(2)12-25-21(29)16-7-5-6-8-17(16)27-22(25)24-26(23(27)30)13-18(28)15-9-10-19(31-3)20(11-15)32-4/h5-11,14H,12-13H2,1-4H3. The molecule has 0 amide bonds. The molecule has 2 aromatic heterocycles. The van der Waals surface area contributed by atoms with E-state index < -0.39 is 5.69 Å². The first-order valence-corrected chi connectivity index (χ1v) is 10.2. The van der Waals surface area contributed by atoms with E-state index in [0.717, 1.165) is 4.68 Å². The van der Waals surface area contributed by atoms with Gasteiger partial charge in [-0.15, -0.1) is 5.10 Å². The zero-order chi connectivity index (χ0) is 23.0. The molecule has 0 bridgehead atoms. The third-order valence-corrected chi connectivity index (χ3v) is 5.23. The Hall–Kier alpha value is -3.88. The largest absolute Gasteiger partial charge is 0.493 e. The number of fused-ring (bicyclic) bond motifs is 3. The van der Waals surface area contributed by atoms with Crippen molar-refractivity contribution in [2.45, 2.75) is 26.9 Å². The van der Waals surface area contributed by atoms with Gasteiger partial charge in [0, 0.05) is 12.1 Å². The number of aromatic nitrogens is 4. The van der Waals surface area contributed by atoms with Crippen LogP contribution in [0.4, 0.5) is 0 Å². The van der Waals surface area contributed by atoms with E-state index in [2.05, 4.69) is 5.10 Å². The van der Waals surface area contributed by atoms with Crippen LogP contribution in [0.5, 0.6) is 11.5 Å². The number of methoxy groups -OCH3 is 2. The van der Waals surface area contributed by atoms with Gasteiger partial charge in [-0.3, -0.25) is 14.2 Å². The van der Waals surface area contributed by atoms with Crippen LogP contribution < -0.4 is 20.7 Å². The zero-order valence-corrected chi connectivity index (χ0v) is 18.4. The second kappa shape index (κ2) is 8.33. The Morgan fingerprint density at radius 1 is 1.03 bits per heavy atom. The third kappa shape index (κ3) is 3.55. The smallest absolute Gasteiger partial charge is 0.352 e. The van der Waals surface area contributed by atoms with Crippen molar-refractivity contribution >= 4 is 22.5 Å². The molecule has 0 fully saturated rings. The summed E-state index contributed by atoms with van der Waals surface area (Å²) < 4.78 is 14.4. The summed E-state index contributed by atoms with van der Waals surface area (Å²) in [6.07, 6.45) is 0. The molecule has 32 heavy (non-hydrogen) atoms. The van der Waals surface area contributed by atoms with Crippen LogP contribution in [-0.4, -0.2) is 38.8 Å². The number of rotatable bonds is 7. The average Bonchev–Trinajstić information content (AvgIpc) is 3.11. The van der Waals surface area contributed by atoms with Crippen molar-refractivity contribution in [1.29, 1.82) is 0 Å². The van der Waals surface area contributed by atoms with Crippen LogP contribution in [0.1, 0.15) is 24.2 Å². The summed E-state index contributed by atoms with van der Waals surface area (Å²) in [6.45, 7) is 4.08. The van der Waals surface area contributed by atoms with Gasteiger partial charge in [-0.25, -0.2) is 13.9 Å². The molecule has 0 aliphatic heterocycles. The zero-order valence-electron chi connectivity index (χ0n) is 18.4. The molecule has 0 saturated heterocycles. The van der Waals surface area contributed by atoms with Crippen LogP contribution in [0.15, 0.2) is 52.1 Å².